The van der Waals surface area contributed by atoms with Gasteiger partial charge in [-0.05, 0) is 18.5 Å². The predicted octanol–water partition coefficient (Wildman–Crippen LogP) is 1.78. The van der Waals surface area contributed by atoms with Crippen LogP contribution in [0, 0.1) is 17.2 Å². The highest BCUT2D eigenvalue weighted by atomic mass is 16.3. The largest absolute Gasteiger partial charge is 0.391 e. The zero-order chi connectivity index (χ0) is 12.1. The molecule has 1 aliphatic rings. The summed E-state index contributed by atoms with van der Waals surface area (Å²) in [4.78, 5) is 2.26. The normalized spacial score (nSPS) is 25.4. The number of aliphatic hydroxyl groups is 1. The smallest absolute Gasteiger partial charge is 0.0705 e. The molecule has 2 rings (SSSR count). The maximum absolute atomic E-state index is 9.96. The van der Waals surface area contributed by atoms with Gasteiger partial charge in [0.15, 0.2) is 0 Å². The Morgan fingerprint density at radius 1 is 1.35 bits per heavy atom. The Balaban J connectivity index is 1.88. The minimum atomic E-state index is -0.355. The third kappa shape index (κ3) is 3.29. The molecule has 1 N–H and O–H groups in total. The number of rotatable bonds is 3. The highest BCUT2D eigenvalue weighted by molar-refractivity contribution is 5.14. The van der Waals surface area contributed by atoms with Crippen LogP contribution < -0.4 is 0 Å². The Morgan fingerprint density at radius 2 is 2.12 bits per heavy atom. The van der Waals surface area contributed by atoms with Gasteiger partial charge >= 0.3 is 0 Å². The first kappa shape index (κ1) is 12.1. The molecule has 0 aliphatic carbocycles. The van der Waals surface area contributed by atoms with Gasteiger partial charge in [0.1, 0.15) is 0 Å². The number of likely N-dealkylation sites (tertiary alicyclic amines) is 1. The number of benzene rings is 1. The molecule has 1 aromatic carbocycles. The topological polar surface area (TPSA) is 47.3 Å². The minimum absolute atomic E-state index is 0.159. The lowest BCUT2D eigenvalue weighted by Crippen LogP contribution is -2.43. The lowest BCUT2D eigenvalue weighted by molar-refractivity contribution is 0.0204. The Labute approximate surface area is 102 Å². The summed E-state index contributed by atoms with van der Waals surface area (Å²) in [7, 11) is 0. The molecule has 1 aliphatic heterocycles. The molecule has 0 aromatic heterocycles. The van der Waals surface area contributed by atoms with Crippen molar-refractivity contribution >= 4 is 0 Å². The molecule has 1 heterocycles. The van der Waals surface area contributed by atoms with Crippen LogP contribution in [0.5, 0.6) is 0 Å². The number of nitrogens with zero attached hydrogens (tertiary/aromatic N) is 2. The van der Waals surface area contributed by atoms with Crippen molar-refractivity contribution in [2.75, 3.05) is 13.1 Å². The second-order valence-electron chi connectivity index (χ2n) is 4.70. The molecule has 2 atom stereocenters. The third-order valence-electron chi connectivity index (χ3n) is 3.41. The van der Waals surface area contributed by atoms with Crippen molar-refractivity contribution in [3.8, 4) is 6.07 Å². The van der Waals surface area contributed by atoms with E-state index in [-0.39, 0.29) is 12.0 Å². The van der Waals surface area contributed by atoms with Crippen LogP contribution >= 0.6 is 0 Å². The van der Waals surface area contributed by atoms with Crippen LogP contribution in [-0.4, -0.2) is 29.2 Å². The number of nitriles is 1. The van der Waals surface area contributed by atoms with Crippen LogP contribution in [0.3, 0.4) is 0 Å². The average molecular weight is 230 g/mol. The van der Waals surface area contributed by atoms with E-state index >= 15 is 0 Å². The van der Waals surface area contributed by atoms with E-state index in [9.17, 15) is 5.11 Å². The van der Waals surface area contributed by atoms with Gasteiger partial charge in [0, 0.05) is 25.4 Å². The molecular weight excluding hydrogens is 212 g/mol. The monoisotopic (exact) mass is 230 g/mol. The van der Waals surface area contributed by atoms with Crippen LogP contribution in [-0.2, 0) is 6.54 Å². The van der Waals surface area contributed by atoms with E-state index in [2.05, 4.69) is 23.1 Å². The second-order valence-corrected chi connectivity index (χ2v) is 4.70. The standard InChI is InChI=1S/C14H18N2O/c15-8-6-13-7-9-16(11-14(13)17)10-12-4-2-1-3-5-12/h1-5,13-14,17H,6-7,9-11H2/t13-,14-/m1/s1. The summed E-state index contributed by atoms with van der Waals surface area (Å²) < 4.78 is 0. The Kier molecular flexibility index (Phi) is 4.13. The quantitative estimate of drug-likeness (QED) is 0.861. The lowest BCUT2D eigenvalue weighted by Gasteiger charge is -2.35. The van der Waals surface area contributed by atoms with Crippen molar-refractivity contribution in [1.82, 2.24) is 4.90 Å². The average Bonchev–Trinajstić information content (AvgIpc) is 2.34. The zero-order valence-corrected chi connectivity index (χ0v) is 9.92. The first-order valence-corrected chi connectivity index (χ1v) is 6.11. The SMILES string of the molecule is N#CC[C@@H]1CCN(Cc2ccccc2)C[C@H]1O. The van der Waals surface area contributed by atoms with E-state index in [1.807, 2.05) is 18.2 Å². The zero-order valence-electron chi connectivity index (χ0n) is 9.92. The van der Waals surface area contributed by atoms with Gasteiger partial charge in [-0.3, -0.25) is 4.90 Å². The molecule has 0 bridgehead atoms. The van der Waals surface area contributed by atoms with Crippen LogP contribution in [0.25, 0.3) is 0 Å². The van der Waals surface area contributed by atoms with E-state index in [1.54, 1.807) is 0 Å². The van der Waals surface area contributed by atoms with Crippen molar-refractivity contribution in [1.29, 1.82) is 5.26 Å². The summed E-state index contributed by atoms with van der Waals surface area (Å²) in [5, 5.41) is 18.6. The highest BCUT2D eigenvalue weighted by Gasteiger charge is 2.27. The fourth-order valence-electron chi connectivity index (χ4n) is 2.39. The van der Waals surface area contributed by atoms with Crippen LogP contribution in [0.15, 0.2) is 30.3 Å². The third-order valence-corrected chi connectivity index (χ3v) is 3.41. The van der Waals surface area contributed by atoms with Crippen molar-refractivity contribution in [2.24, 2.45) is 5.92 Å². The van der Waals surface area contributed by atoms with Gasteiger partial charge in [-0.1, -0.05) is 30.3 Å². The molecular formula is C14H18N2O. The Bertz CT molecular complexity index is 385. The first-order chi connectivity index (χ1) is 8.29. The number of aliphatic hydroxyl groups excluding tert-OH is 1. The molecule has 0 spiro atoms. The number of β-amino-alcohol motifs (C(OH)–C–C–N with tert-alkyl or cyclic N) is 1. The molecule has 17 heavy (non-hydrogen) atoms. The summed E-state index contributed by atoms with van der Waals surface area (Å²) in [5.74, 6) is 0.159. The van der Waals surface area contributed by atoms with E-state index in [0.29, 0.717) is 13.0 Å². The molecule has 1 aromatic rings. The summed E-state index contributed by atoms with van der Waals surface area (Å²) in [5.41, 5.74) is 1.28. The summed E-state index contributed by atoms with van der Waals surface area (Å²) in [6, 6.07) is 12.4. The van der Waals surface area contributed by atoms with E-state index in [0.717, 1.165) is 19.5 Å². The summed E-state index contributed by atoms with van der Waals surface area (Å²) in [6.07, 6.45) is 1.04. The molecule has 0 saturated carbocycles. The molecule has 0 amide bonds. The molecule has 3 nitrogen and oxygen atoms in total. The molecule has 3 heteroatoms. The number of hydrogen-bond donors (Lipinski definition) is 1. The van der Waals surface area contributed by atoms with Gasteiger partial charge in [0.25, 0.3) is 0 Å². The first-order valence-electron chi connectivity index (χ1n) is 6.11. The van der Waals surface area contributed by atoms with Gasteiger partial charge in [0.05, 0.1) is 12.2 Å². The van der Waals surface area contributed by atoms with Gasteiger partial charge in [0.2, 0.25) is 0 Å². The second kappa shape index (κ2) is 5.81. The summed E-state index contributed by atoms with van der Waals surface area (Å²) >= 11 is 0. The van der Waals surface area contributed by atoms with E-state index < -0.39 is 0 Å². The molecule has 0 radical (unpaired) electrons. The van der Waals surface area contributed by atoms with Gasteiger partial charge in [-0.25, -0.2) is 0 Å². The van der Waals surface area contributed by atoms with Gasteiger partial charge < -0.3 is 5.11 Å². The highest BCUT2D eigenvalue weighted by Crippen LogP contribution is 2.21. The van der Waals surface area contributed by atoms with Crippen LogP contribution in [0.4, 0.5) is 0 Å². The van der Waals surface area contributed by atoms with E-state index in [1.165, 1.54) is 5.56 Å². The fraction of sp³-hybridized carbons (Fsp3) is 0.500. The van der Waals surface area contributed by atoms with Crippen molar-refractivity contribution < 1.29 is 5.11 Å². The molecule has 1 fully saturated rings. The van der Waals surface area contributed by atoms with Gasteiger partial charge in [-0.2, -0.15) is 5.26 Å². The maximum Gasteiger partial charge on any atom is 0.0705 e. The minimum Gasteiger partial charge on any atom is -0.391 e. The summed E-state index contributed by atoms with van der Waals surface area (Å²) in [6.45, 7) is 2.54. The predicted molar refractivity (Wildman–Crippen MR) is 66.1 cm³/mol. The molecule has 90 valence electrons. The number of piperidine rings is 1. The lowest BCUT2D eigenvalue weighted by atomic mass is 9.91. The van der Waals surface area contributed by atoms with Crippen molar-refractivity contribution in [3.63, 3.8) is 0 Å². The van der Waals surface area contributed by atoms with Crippen LogP contribution in [0.1, 0.15) is 18.4 Å². The Hall–Kier alpha value is -1.37. The van der Waals surface area contributed by atoms with Gasteiger partial charge in [-0.15, -0.1) is 0 Å². The maximum atomic E-state index is 9.96. The molecule has 0 unspecified atom stereocenters. The van der Waals surface area contributed by atoms with Crippen molar-refractivity contribution in [3.05, 3.63) is 35.9 Å². The fourth-order valence-corrected chi connectivity index (χ4v) is 2.39. The Morgan fingerprint density at radius 3 is 2.76 bits per heavy atom. The van der Waals surface area contributed by atoms with Crippen LogP contribution in [0.2, 0.25) is 0 Å². The number of hydrogen-bond acceptors (Lipinski definition) is 3. The van der Waals surface area contributed by atoms with Crippen molar-refractivity contribution in [2.45, 2.75) is 25.5 Å². The van der Waals surface area contributed by atoms with E-state index in [4.69, 9.17) is 5.26 Å². The molecule has 1 saturated heterocycles.